The van der Waals surface area contributed by atoms with Crippen molar-refractivity contribution in [1.29, 1.82) is 0 Å². The van der Waals surface area contributed by atoms with E-state index in [0.29, 0.717) is 19.3 Å². The summed E-state index contributed by atoms with van der Waals surface area (Å²) in [7, 11) is 0. The third-order valence-corrected chi connectivity index (χ3v) is 11.9. The Bertz CT molecular complexity index is 1300. The fourth-order valence-electron chi connectivity index (χ4n) is 7.62. The topological polar surface area (TPSA) is 78.9 Å². The van der Waals surface area contributed by atoms with Crippen LogP contribution in [0.5, 0.6) is 0 Å². The summed E-state index contributed by atoms with van der Waals surface area (Å²) in [5.74, 6) is -0.912. The molecule has 0 aromatic heterocycles. The third-order valence-electron chi connectivity index (χ3n) is 11.9. The van der Waals surface area contributed by atoms with Crippen LogP contribution in [0.15, 0.2) is 85.1 Å². The molecular weight excluding hydrogens is 829 g/mol. The van der Waals surface area contributed by atoms with Crippen LogP contribution in [-0.2, 0) is 28.6 Å². The summed E-state index contributed by atoms with van der Waals surface area (Å²) < 4.78 is 16.8. The molecule has 0 spiro atoms. The number of carbonyl (C=O) groups is 3. The second-order valence-corrected chi connectivity index (χ2v) is 18.5. The number of rotatable bonds is 50. The fourth-order valence-corrected chi connectivity index (χ4v) is 7.62. The molecule has 67 heavy (non-hydrogen) atoms. The zero-order valence-corrected chi connectivity index (χ0v) is 43.9. The van der Waals surface area contributed by atoms with Gasteiger partial charge in [0, 0.05) is 19.3 Å². The second kappa shape index (κ2) is 55.2. The molecule has 0 amide bonds. The smallest absolute Gasteiger partial charge is 0.306 e. The molecule has 0 bridgehead atoms. The number of allylic oxidation sites excluding steroid dienone is 14. The highest BCUT2D eigenvalue weighted by Crippen LogP contribution is 2.15. The van der Waals surface area contributed by atoms with Crippen molar-refractivity contribution >= 4 is 17.9 Å². The van der Waals surface area contributed by atoms with Gasteiger partial charge in [0.25, 0.3) is 0 Å². The van der Waals surface area contributed by atoms with E-state index in [-0.39, 0.29) is 31.1 Å². The van der Waals surface area contributed by atoms with Crippen LogP contribution in [0.1, 0.15) is 265 Å². The van der Waals surface area contributed by atoms with E-state index in [4.69, 9.17) is 14.2 Å². The Hall–Kier alpha value is -3.41. The lowest BCUT2D eigenvalue weighted by atomic mass is 10.1. The minimum absolute atomic E-state index is 0.0870. The average Bonchev–Trinajstić information content (AvgIpc) is 3.33. The first-order valence-electron chi connectivity index (χ1n) is 28.1. The van der Waals surface area contributed by atoms with Gasteiger partial charge in [0.1, 0.15) is 13.2 Å². The number of esters is 3. The summed E-state index contributed by atoms with van der Waals surface area (Å²) in [4.78, 5) is 38.1. The van der Waals surface area contributed by atoms with Crippen LogP contribution < -0.4 is 0 Å². The molecule has 0 aliphatic rings. The van der Waals surface area contributed by atoms with E-state index >= 15 is 0 Å². The first kappa shape index (κ1) is 63.6. The molecule has 0 heterocycles. The van der Waals surface area contributed by atoms with E-state index in [9.17, 15) is 14.4 Å². The van der Waals surface area contributed by atoms with Crippen LogP contribution in [0, 0.1) is 0 Å². The van der Waals surface area contributed by atoms with E-state index in [1.54, 1.807) is 0 Å². The maximum Gasteiger partial charge on any atom is 0.306 e. The van der Waals surface area contributed by atoms with Crippen molar-refractivity contribution in [3.05, 3.63) is 85.1 Å². The lowest BCUT2D eigenvalue weighted by molar-refractivity contribution is -0.167. The van der Waals surface area contributed by atoms with Gasteiger partial charge in [-0.2, -0.15) is 0 Å². The van der Waals surface area contributed by atoms with Gasteiger partial charge < -0.3 is 14.2 Å². The van der Waals surface area contributed by atoms with Crippen LogP contribution in [0.4, 0.5) is 0 Å². The van der Waals surface area contributed by atoms with Gasteiger partial charge in [-0.15, -0.1) is 0 Å². The Balaban J connectivity index is 4.32. The van der Waals surface area contributed by atoms with Crippen molar-refractivity contribution in [2.75, 3.05) is 13.2 Å². The SMILES string of the molecule is CC/C=C\C/C=C\C/C=C\C/C=C\CCCCCCCCCCCCC(=O)OCC(COC(=O)CCCCCCC/C=C\CCCC)OC(=O)CCCCCCC/C=C\C/C=C\CCCCC. The third kappa shape index (κ3) is 53.4. The van der Waals surface area contributed by atoms with Gasteiger partial charge in [-0.1, -0.05) is 221 Å². The van der Waals surface area contributed by atoms with Crippen molar-refractivity contribution < 1.29 is 28.6 Å². The first-order chi connectivity index (χ1) is 33.0. The summed E-state index contributed by atoms with van der Waals surface area (Å²) in [6, 6.07) is 0. The van der Waals surface area contributed by atoms with Crippen molar-refractivity contribution in [1.82, 2.24) is 0 Å². The van der Waals surface area contributed by atoms with Gasteiger partial charge in [-0.05, 0) is 109 Å². The van der Waals surface area contributed by atoms with E-state index < -0.39 is 6.10 Å². The molecule has 0 radical (unpaired) electrons. The highest BCUT2D eigenvalue weighted by atomic mass is 16.6. The quantitative estimate of drug-likeness (QED) is 0.0262. The molecule has 0 saturated carbocycles. The van der Waals surface area contributed by atoms with Crippen LogP contribution in [0.2, 0.25) is 0 Å². The van der Waals surface area contributed by atoms with Gasteiger partial charge in [0.2, 0.25) is 0 Å². The molecule has 0 aliphatic carbocycles. The Morgan fingerprint density at radius 1 is 0.313 bits per heavy atom. The van der Waals surface area contributed by atoms with Crippen molar-refractivity contribution in [3.63, 3.8) is 0 Å². The highest BCUT2D eigenvalue weighted by Gasteiger charge is 2.19. The molecule has 0 aromatic rings. The number of hydrogen-bond donors (Lipinski definition) is 0. The summed E-state index contributed by atoms with van der Waals surface area (Å²) in [6.45, 7) is 6.45. The lowest BCUT2D eigenvalue weighted by Gasteiger charge is -2.18. The maximum absolute atomic E-state index is 12.8. The van der Waals surface area contributed by atoms with Crippen LogP contribution in [-0.4, -0.2) is 37.2 Å². The summed E-state index contributed by atoms with van der Waals surface area (Å²) in [5, 5.41) is 0. The molecule has 0 rings (SSSR count). The zero-order valence-electron chi connectivity index (χ0n) is 43.9. The van der Waals surface area contributed by atoms with Gasteiger partial charge >= 0.3 is 17.9 Å². The number of hydrogen-bond acceptors (Lipinski definition) is 6. The number of carbonyl (C=O) groups excluding carboxylic acids is 3. The minimum atomic E-state index is -0.788. The molecule has 0 N–H and O–H groups in total. The largest absolute Gasteiger partial charge is 0.462 e. The summed E-state index contributed by atoms with van der Waals surface area (Å²) >= 11 is 0. The Morgan fingerprint density at radius 2 is 0.597 bits per heavy atom. The van der Waals surface area contributed by atoms with Crippen molar-refractivity contribution in [2.24, 2.45) is 0 Å². The van der Waals surface area contributed by atoms with Gasteiger partial charge in [0.05, 0.1) is 0 Å². The molecule has 6 nitrogen and oxygen atoms in total. The molecule has 384 valence electrons. The molecule has 0 aromatic carbocycles. The molecule has 1 unspecified atom stereocenters. The average molecular weight is 933 g/mol. The van der Waals surface area contributed by atoms with Gasteiger partial charge in [-0.3, -0.25) is 14.4 Å². The number of unbranched alkanes of at least 4 members (excludes halogenated alkanes) is 25. The molecule has 0 saturated heterocycles. The Kier molecular flexibility index (Phi) is 52.4. The molecule has 1 atom stereocenters. The number of ether oxygens (including phenoxy) is 3. The normalized spacial score (nSPS) is 12.7. The van der Waals surface area contributed by atoms with E-state index in [0.717, 1.165) is 116 Å². The molecule has 0 aliphatic heterocycles. The lowest BCUT2D eigenvalue weighted by Crippen LogP contribution is -2.30. The molecule has 6 heteroatoms. The molecular formula is C61H104O6. The molecule has 0 fully saturated rings. The monoisotopic (exact) mass is 933 g/mol. The standard InChI is InChI=1S/C61H104O6/c1-4-7-10-13-16-19-22-24-26-27-28-29-30-31-32-33-35-36-39-42-45-48-51-54-60(63)66-57-58(56-65-59(62)53-50-47-44-41-38-21-18-15-12-9-6-3)67-61(64)55-52-49-46-43-40-37-34-25-23-20-17-14-11-8-5-2/h7,10,15-20,24-26,28-29,34,58H,4-6,8-9,11-14,21-23,27,30-33,35-57H2,1-3H3/b10-7-,18-15-,19-16-,20-17-,26-24-,29-28-,34-25-. The maximum atomic E-state index is 12.8. The summed E-state index contributed by atoms with van der Waals surface area (Å²) in [5.41, 5.74) is 0. The van der Waals surface area contributed by atoms with Crippen LogP contribution in [0.3, 0.4) is 0 Å². The van der Waals surface area contributed by atoms with Gasteiger partial charge in [0.15, 0.2) is 6.10 Å². The predicted octanol–water partition coefficient (Wildman–Crippen LogP) is 18.8. The Labute approximate surface area is 414 Å². The van der Waals surface area contributed by atoms with Crippen LogP contribution >= 0.6 is 0 Å². The van der Waals surface area contributed by atoms with E-state index in [1.807, 2.05) is 0 Å². The van der Waals surface area contributed by atoms with Crippen LogP contribution in [0.25, 0.3) is 0 Å². The summed E-state index contributed by atoms with van der Waals surface area (Å²) in [6.07, 6.45) is 71.4. The highest BCUT2D eigenvalue weighted by molar-refractivity contribution is 5.71. The first-order valence-corrected chi connectivity index (χ1v) is 28.1. The van der Waals surface area contributed by atoms with Crippen molar-refractivity contribution in [2.45, 2.75) is 271 Å². The van der Waals surface area contributed by atoms with E-state index in [1.165, 1.54) is 109 Å². The predicted molar refractivity (Wildman–Crippen MR) is 288 cm³/mol. The second-order valence-electron chi connectivity index (χ2n) is 18.5. The van der Waals surface area contributed by atoms with Crippen molar-refractivity contribution in [3.8, 4) is 0 Å². The van der Waals surface area contributed by atoms with E-state index in [2.05, 4.69) is 106 Å². The minimum Gasteiger partial charge on any atom is -0.462 e. The zero-order chi connectivity index (χ0) is 48.6. The van der Waals surface area contributed by atoms with Gasteiger partial charge in [-0.25, -0.2) is 0 Å². The Morgan fingerprint density at radius 3 is 0.970 bits per heavy atom. The fraction of sp³-hybridized carbons (Fsp3) is 0.721.